The van der Waals surface area contributed by atoms with E-state index in [1.54, 1.807) is 6.07 Å². The van der Waals surface area contributed by atoms with E-state index in [4.69, 9.17) is 0 Å². The minimum Gasteiger partial charge on any atom is -0.367 e. The van der Waals surface area contributed by atoms with Gasteiger partial charge in [0.25, 0.3) is 0 Å². The molecule has 0 bridgehead atoms. The molecule has 1 amide bonds. The maximum Gasteiger partial charge on any atom is 0.234 e. The van der Waals surface area contributed by atoms with Crippen molar-refractivity contribution >= 4 is 11.6 Å². The van der Waals surface area contributed by atoms with Gasteiger partial charge in [0.05, 0.1) is 12.2 Å². The van der Waals surface area contributed by atoms with Crippen molar-refractivity contribution in [3.05, 3.63) is 30.1 Å². The number of benzene rings is 1. The van der Waals surface area contributed by atoms with Crippen LogP contribution in [0.1, 0.15) is 44.9 Å². The van der Waals surface area contributed by atoms with Crippen LogP contribution in [0.25, 0.3) is 0 Å². The summed E-state index contributed by atoms with van der Waals surface area (Å²) in [5.41, 5.74) is 0.668. The number of hydrogen-bond donors (Lipinski definition) is 1. The molecule has 2 aliphatic rings. The fourth-order valence-electron chi connectivity index (χ4n) is 3.93. The Bertz CT molecular complexity index is 550. The molecule has 0 atom stereocenters. The standard InChI is InChI=1S/C20H30FN3O/c21-18-10-6-7-11-19(18)24-14-12-23(13-15-24)16-20(25)22-17-8-4-2-1-3-5-9-17/h6-7,10-11,17H,1-5,8-9,12-16H2,(H,22,25). The summed E-state index contributed by atoms with van der Waals surface area (Å²) < 4.78 is 13.9. The molecule has 138 valence electrons. The van der Waals surface area contributed by atoms with Gasteiger partial charge in [-0.3, -0.25) is 9.69 Å². The third kappa shape index (κ3) is 5.43. The predicted molar refractivity (Wildman–Crippen MR) is 99.3 cm³/mol. The maximum atomic E-state index is 13.9. The smallest absolute Gasteiger partial charge is 0.234 e. The number of nitrogens with one attached hydrogen (secondary N) is 1. The van der Waals surface area contributed by atoms with E-state index in [0.717, 1.165) is 39.0 Å². The molecule has 0 aromatic heterocycles. The summed E-state index contributed by atoms with van der Waals surface area (Å²) in [7, 11) is 0. The molecule has 2 fully saturated rings. The number of halogens is 1. The minimum absolute atomic E-state index is 0.143. The van der Waals surface area contributed by atoms with Gasteiger partial charge in [0.2, 0.25) is 5.91 Å². The van der Waals surface area contributed by atoms with Gasteiger partial charge in [-0.05, 0) is 25.0 Å². The zero-order chi connectivity index (χ0) is 17.5. The van der Waals surface area contributed by atoms with Crippen molar-refractivity contribution < 1.29 is 9.18 Å². The molecule has 0 radical (unpaired) electrons. The van der Waals surface area contributed by atoms with Gasteiger partial charge in [-0.1, -0.05) is 44.2 Å². The molecule has 1 aliphatic carbocycles. The number of anilines is 1. The molecular formula is C20H30FN3O. The molecule has 1 saturated carbocycles. The van der Waals surface area contributed by atoms with E-state index < -0.39 is 0 Å². The third-order valence-electron chi connectivity index (χ3n) is 5.40. The second-order valence-electron chi connectivity index (χ2n) is 7.32. The normalized spacial score (nSPS) is 20.8. The van der Waals surface area contributed by atoms with Gasteiger partial charge >= 0.3 is 0 Å². The van der Waals surface area contributed by atoms with Gasteiger partial charge in [0.1, 0.15) is 5.82 Å². The van der Waals surface area contributed by atoms with Crippen LogP contribution < -0.4 is 10.2 Å². The average molecular weight is 347 g/mol. The van der Waals surface area contributed by atoms with E-state index in [1.165, 1.54) is 38.2 Å². The molecule has 0 unspecified atom stereocenters. The van der Waals surface area contributed by atoms with Crippen molar-refractivity contribution in [3.8, 4) is 0 Å². The molecule has 4 nitrogen and oxygen atoms in total. The first-order chi connectivity index (χ1) is 12.2. The van der Waals surface area contributed by atoms with Crippen molar-refractivity contribution in [1.82, 2.24) is 10.2 Å². The maximum absolute atomic E-state index is 13.9. The number of rotatable bonds is 4. The molecule has 1 saturated heterocycles. The average Bonchev–Trinajstić information content (AvgIpc) is 2.58. The number of hydrogen-bond acceptors (Lipinski definition) is 3. The lowest BCUT2D eigenvalue weighted by atomic mass is 9.97. The monoisotopic (exact) mass is 347 g/mol. The highest BCUT2D eigenvalue weighted by Crippen LogP contribution is 2.20. The molecule has 1 aromatic carbocycles. The summed E-state index contributed by atoms with van der Waals surface area (Å²) in [6, 6.07) is 7.27. The Morgan fingerprint density at radius 1 is 1.00 bits per heavy atom. The van der Waals surface area contributed by atoms with Crippen LogP contribution in [0.5, 0.6) is 0 Å². The quantitative estimate of drug-likeness (QED) is 0.909. The van der Waals surface area contributed by atoms with Crippen LogP contribution in [0.4, 0.5) is 10.1 Å². The Labute approximate surface area is 150 Å². The summed E-state index contributed by atoms with van der Waals surface area (Å²) in [4.78, 5) is 16.6. The predicted octanol–water partition coefficient (Wildman–Crippen LogP) is 3.18. The Hall–Kier alpha value is -1.62. The number of carbonyl (C=O) groups is 1. The van der Waals surface area contributed by atoms with Gasteiger partial charge in [-0.2, -0.15) is 0 Å². The van der Waals surface area contributed by atoms with E-state index in [9.17, 15) is 9.18 Å². The first-order valence-corrected chi connectivity index (χ1v) is 9.73. The van der Waals surface area contributed by atoms with E-state index in [-0.39, 0.29) is 11.7 Å². The van der Waals surface area contributed by atoms with Crippen molar-refractivity contribution in [2.24, 2.45) is 0 Å². The van der Waals surface area contributed by atoms with E-state index in [2.05, 4.69) is 15.1 Å². The highest BCUT2D eigenvalue weighted by atomic mass is 19.1. The Morgan fingerprint density at radius 2 is 1.64 bits per heavy atom. The van der Waals surface area contributed by atoms with Crippen molar-refractivity contribution in [3.63, 3.8) is 0 Å². The topological polar surface area (TPSA) is 35.6 Å². The highest BCUT2D eigenvalue weighted by molar-refractivity contribution is 5.78. The number of para-hydroxylation sites is 1. The zero-order valence-electron chi connectivity index (χ0n) is 15.1. The molecule has 25 heavy (non-hydrogen) atoms. The van der Waals surface area contributed by atoms with E-state index >= 15 is 0 Å². The van der Waals surface area contributed by atoms with Crippen LogP contribution in [0.15, 0.2) is 24.3 Å². The number of nitrogens with zero attached hydrogens (tertiary/aromatic N) is 2. The van der Waals surface area contributed by atoms with Gasteiger partial charge in [0, 0.05) is 32.2 Å². The van der Waals surface area contributed by atoms with Crippen LogP contribution in [-0.2, 0) is 4.79 Å². The number of piperazine rings is 1. The minimum atomic E-state index is -0.169. The summed E-state index contributed by atoms with van der Waals surface area (Å²) in [5.74, 6) is -0.0251. The Kier molecular flexibility index (Phi) is 6.68. The van der Waals surface area contributed by atoms with Crippen LogP contribution in [0.3, 0.4) is 0 Å². The second kappa shape index (κ2) is 9.18. The first-order valence-electron chi connectivity index (χ1n) is 9.73. The second-order valence-corrected chi connectivity index (χ2v) is 7.32. The fraction of sp³-hybridized carbons (Fsp3) is 0.650. The van der Waals surface area contributed by atoms with Crippen LogP contribution in [-0.4, -0.2) is 49.6 Å². The Balaban J connectivity index is 1.42. The SMILES string of the molecule is O=C(CN1CCN(c2ccccc2F)CC1)NC1CCCCCCC1. The molecule has 1 N–H and O–H groups in total. The van der Waals surface area contributed by atoms with Crippen LogP contribution in [0, 0.1) is 5.82 Å². The molecule has 3 rings (SSSR count). The van der Waals surface area contributed by atoms with Crippen molar-refractivity contribution in [1.29, 1.82) is 0 Å². The van der Waals surface area contributed by atoms with Crippen LogP contribution in [0.2, 0.25) is 0 Å². The lowest BCUT2D eigenvalue weighted by Gasteiger charge is -2.36. The molecule has 1 heterocycles. The zero-order valence-corrected chi connectivity index (χ0v) is 15.1. The van der Waals surface area contributed by atoms with Crippen LogP contribution >= 0.6 is 0 Å². The lowest BCUT2D eigenvalue weighted by molar-refractivity contribution is -0.123. The molecule has 0 spiro atoms. The molecule has 1 aromatic rings. The van der Waals surface area contributed by atoms with E-state index in [0.29, 0.717) is 18.3 Å². The molecule has 5 heteroatoms. The van der Waals surface area contributed by atoms with Gasteiger partial charge < -0.3 is 10.2 Å². The van der Waals surface area contributed by atoms with Gasteiger partial charge in [-0.15, -0.1) is 0 Å². The highest BCUT2D eigenvalue weighted by Gasteiger charge is 2.22. The summed E-state index contributed by atoms with van der Waals surface area (Å²) >= 11 is 0. The molecule has 1 aliphatic heterocycles. The van der Waals surface area contributed by atoms with E-state index in [1.807, 2.05) is 12.1 Å². The van der Waals surface area contributed by atoms with Gasteiger partial charge in [0.15, 0.2) is 0 Å². The fourth-order valence-corrected chi connectivity index (χ4v) is 3.93. The number of carbonyl (C=O) groups excluding carboxylic acids is 1. The summed E-state index contributed by atoms with van der Waals surface area (Å²) in [6.07, 6.45) is 8.62. The van der Waals surface area contributed by atoms with Crippen molar-refractivity contribution in [2.75, 3.05) is 37.6 Å². The first kappa shape index (κ1) is 18.2. The Morgan fingerprint density at radius 3 is 2.32 bits per heavy atom. The summed E-state index contributed by atoms with van der Waals surface area (Å²) in [5, 5.41) is 3.23. The molecular weight excluding hydrogens is 317 g/mol. The lowest BCUT2D eigenvalue weighted by Crippen LogP contribution is -2.50. The number of amides is 1. The summed E-state index contributed by atoms with van der Waals surface area (Å²) in [6.45, 7) is 3.58. The third-order valence-corrected chi connectivity index (χ3v) is 5.40. The largest absolute Gasteiger partial charge is 0.367 e. The van der Waals surface area contributed by atoms with Gasteiger partial charge in [-0.25, -0.2) is 4.39 Å². The van der Waals surface area contributed by atoms with Crippen molar-refractivity contribution in [2.45, 2.75) is 51.0 Å².